The number of nitrogens with zero attached hydrogens (tertiary/aromatic N) is 2. The highest BCUT2D eigenvalue weighted by Crippen LogP contribution is 2.43. The molecule has 2 amide bonds. The molecule has 1 unspecified atom stereocenters. The summed E-state index contributed by atoms with van der Waals surface area (Å²) in [5, 5.41) is 4.77. The van der Waals surface area contributed by atoms with Gasteiger partial charge in [0.25, 0.3) is 0 Å². The van der Waals surface area contributed by atoms with Crippen LogP contribution in [0.5, 0.6) is 5.75 Å². The monoisotopic (exact) mass is 489 g/mol. The molecule has 1 aliphatic heterocycles. The lowest BCUT2D eigenvalue weighted by molar-refractivity contribution is -0.125. The molecule has 6 nitrogen and oxygen atoms in total. The van der Waals surface area contributed by atoms with Gasteiger partial charge in [-0.2, -0.15) is 0 Å². The normalized spacial score (nSPS) is 15.6. The van der Waals surface area contributed by atoms with Crippen LogP contribution < -0.4 is 15.0 Å². The Balaban J connectivity index is 1.63. The molecule has 0 radical (unpaired) electrons. The molecule has 0 saturated carbocycles. The number of benzene rings is 3. The fourth-order valence-electron chi connectivity index (χ4n) is 4.58. The molecule has 35 heavy (non-hydrogen) atoms. The van der Waals surface area contributed by atoms with Crippen molar-refractivity contribution in [3.8, 4) is 5.75 Å². The summed E-state index contributed by atoms with van der Waals surface area (Å²) in [5.41, 5.74) is 3.03. The van der Waals surface area contributed by atoms with Crippen molar-refractivity contribution < 1.29 is 18.7 Å². The van der Waals surface area contributed by atoms with Crippen LogP contribution in [0.15, 0.2) is 77.8 Å². The number of carbonyl (C=O) groups excluding carboxylic acids is 2. The first-order chi connectivity index (χ1) is 17.0. The molecular weight excluding hydrogens is 465 g/mol. The van der Waals surface area contributed by atoms with Crippen molar-refractivity contribution in [2.24, 2.45) is 7.05 Å². The van der Waals surface area contributed by atoms with Crippen molar-refractivity contribution in [1.29, 1.82) is 0 Å². The fraction of sp³-hybridized carbons (Fsp3) is 0.185. The number of ether oxygens (including phenoxy) is 1. The summed E-state index contributed by atoms with van der Waals surface area (Å²) in [5.74, 6) is -0.131. The molecule has 0 saturated heterocycles. The summed E-state index contributed by atoms with van der Waals surface area (Å²) in [6, 6.07) is 20.0. The smallest absolute Gasteiger partial charge is 0.248 e. The molecule has 5 rings (SSSR count). The second-order valence-corrected chi connectivity index (χ2v) is 9.22. The van der Waals surface area contributed by atoms with Gasteiger partial charge in [-0.15, -0.1) is 0 Å². The van der Waals surface area contributed by atoms with Gasteiger partial charge in [-0.25, -0.2) is 4.39 Å². The molecular formula is C27H24FN3O3S. The molecule has 1 aliphatic rings. The Labute approximate surface area is 206 Å². The zero-order valence-electron chi connectivity index (χ0n) is 19.3. The summed E-state index contributed by atoms with van der Waals surface area (Å²) in [6.07, 6.45) is 0. The maximum absolute atomic E-state index is 13.9. The fourth-order valence-corrected chi connectivity index (χ4v) is 5.65. The van der Waals surface area contributed by atoms with Gasteiger partial charge in [-0.1, -0.05) is 48.2 Å². The largest absolute Gasteiger partial charge is 0.496 e. The van der Waals surface area contributed by atoms with Crippen LogP contribution in [0.4, 0.5) is 10.1 Å². The van der Waals surface area contributed by atoms with Gasteiger partial charge in [-0.05, 0) is 36.4 Å². The number of halogens is 1. The third-order valence-electron chi connectivity index (χ3n) is 6.22. The number of methoxy groups -OCH3 is 1. The van der Waals surface area contributed by atoms with Gasteiger partial charge >= 0.3 is 0 Å². The molecule has 3 aromatic carbocycles. The standard InChI is InChI=1S/C27H24FN3O3S/c1-30-21-9-5-4-8-20(21)24-25(26(33)29-15-17-7-3-6-10-22(17)34-2)31(23(32)16-35-27(24)30)19-13-11-18(28)12-14-19/h3-14,25H,15-16H2,1-2H3,(H,29,33). The van der Waals surface area contributed by atoms with Crippen LogP contribution in [-0.2, 0) is 23.2 Å². The topological polar surface area (TPSA) is 63.6 Å². The van der Waals surface area contributed by atoms with E-state index in [9.17, 15) is 14.0 Å². The van der Waals surface area contributed by atoms with Crippen LogP contribution in [0.3, 0.4) is 0 Å². The Morgan fingerprint density at radius 2 is 1.80 bits per heavy atom. The summed E-state index contributed by atoms with van der Waals surface area (Å²) in [7, 11) is 3.52. The number of hydrogen-bond donors (Lipinski definition) is 1. The van der Waals surface area contributed by atoms with Gasteiger partial charge in [0.05, 0.1) is 17.9 Å². The van der Waals surface area contributed by atoms with E-state index in [-0.39, 0.29) is 24.1 Å². The minimum Gasteiger partial charge on any atom is -0.496 e. The summed E-state index contributed by atoms with van der Waals surface area (Å²) >= 11 is 1.41. The number of para-hydroxylation sites is 2. The van der Waals surface area contributed by atoms with E-state index in [0.717, 1.165) is 27.1 Å². The zero-order valence-corrected chi connectivity index (χ0v) is 20.1. The molecule has 4 aromatic rings. The van der Waals surface area contributed by atoms with Crippen molar-refractivity contribution >= 4 is 40.2 Å². The number of aryl methyl sites for hydroxylation is 1. The maximum Gasteiger partial charge on any atom is 0.248 e. The third-order valence-corrected chi connectivity index (χ3v) is 7.38. The lowest BCUT2D eigenvalue weighted by Crippen LogP contribution is -2.43. The van der Waals surface area contributed by atoms with E-state index in [2.05, 4.69) is 5.32 Å². The summed E-state index contributed by atoms with van der Waals surface area (Å²) < 4.78 is 21.2. The number of amides is 2. The van der Waals surface area contributed by atoms with Crippen molar-refractivity contribution in [2.45, 2.75) is 17.6 Å². The molecule has 8 heteroatoms. The molecule has 0 spiro atoms. The quantitative estimate of drug-likeness (QED) is 0.437. The molecule has 0 aliphatic carbocycles. The average Bonchev–Trinajstić information content (AvgIpc) is 3.06. The van der Waals surface area contributed by atoms with Crippen LogP contribution in [0.2, 0.25) is 0 Å². The summed E-state index contributed by atoms with van der Waals surface area (Å²) in [6.45, 7) is 0.234. The van der Waals surface area contributed by atoms with E-state index in [4.69, 9.17) is 4.74 Å². The lowest BCUT2D eigenvalue weighted by atomic mass is 10.0. The first kappa shape index (κ1) is 23.0. The van der Waals surface area contributed by atoms with Crippen LogP contribution in [0.25, 0.3) is 10.9 Å². The lowest BCUT2D eigenvalue weighted by Gasteiger charge is -2.30. The van der Waals surface area contributed by atoms with Gasteiger partial charge in [0.1, 0.15) is 17.6 Å². The van der Waals surface area contributed by atoms with Crippen LogP contribution in [0.1, 0.15) is 17.2 Å². The number of carbonyl (C=O) groups is 2. The molecule has 1 N–H and O–H groups in total. The van der Waals surface area contributed by atoms with Crippen molar-refractivity contribution in [3.63, 3.8) is 0 Å². The molecule has 1 aromatic heterocycles. The Hall–Kier alpha value is -3.78. The molecule has 1 atom stereocenters. The highest BCUT2D eigenvalue weighted by molar-refractivity contribution is 8.00. The predicted octanol–water partition coefficient (Wildman–Crippen LogP) is 4.82. The second kappa shape index (κ2) is 9.46. The Kier molecular flexibility index (Phi) is 6.21. The van der Waals surface area contributed by atoms with Crippen LogP contribution >= 0.6 is 11.8 Å². The van der Waals surface area contributed by atoms with E-state index in [1.165, 1.54) is 40.9 Å². The molecule has 2 heterocycles. The Morgan fingerprint density at radius 1 is 1.09 bits per heavy atom. The van der Waals surface area contributed by atoms with E-state index in [0.29, 0.717) is 11.4 Å². The van der Waals surface area contributed by atoms with Gasteiger partial charge in [0.15, 0.2) is 0 Å². The Bertz CT molecular complexity index is 1420. The number of anilines is 1. The number of rotatable bonds is 5. The minimum absolute atomic E-state index is 0.158. The predicted molar refractivity (Wildman–Crippen MR) is 135 cm³/mol. The van der Waals surface area contributed by atoms with Gasteiger partial charge < -0.3 is 14.6 Å². The second-order valence-electron chi connectivity index (χ2n) is 8.26. The summed E-state index contributed by atoms with van der Waals surface area (Å²) in [4.78, 5) is 28.8. The first-order valence-corrected chi connectivity index (χ1v) is 12.2. The van der Waals surface area contributed by atoms with Crippen molar-refractivity contribution in [2.75, 3.05) is 17.8 Å². The zero-order chi connectivity index (χ0) is 24.5. The highest BCUT2D eigenvalue weighted by Gasteiger charge is 2.39. The number of hydrogen-bond acceptors (Lipinski definition) is 4. The minimum atomic E-state index is -0.932. The van der Waals surface area contributed by atoms with Gasteiger partial charge in [0.2, 0.25) is 11.8 Å². The molecule has 0 fully saturated rings. The number of aromatic nitrogens is 1. The van der Waals surface area contributed by atoms with E-state index in [1.807, 2.05) is 60.1 Å². The maximum atomic E-state index is 13.9. The van der Waals surface area contributed by atoms with Gasteiger partial charge in [0, 0.05) is 41.3 Å². The molecule has 0 bridgehead atoms. The molecule has 178 valence electrons. The number of fused-ring (bicyclic) bond motifs is 3. The number of thioether (sulfide) groups is 1. The Morgan fingerprint density at radius 3 is 2.57 bits per heavy atom. The van der Waals surface area contributed by atoms with Crippen molar-refractivity contribution in [1.82, 2.24) is 9.88 Å². The number of nitrogens with one attached hydrogen (secondary N) is 1. The van der Waals surface area contributed by atoms with Crippen LogP contribution in [0, 0.1) is 5.82 Å². The van der Waals surface area contributed by atoms with Crippen LogP contribution in [-0.4, -0.2) is 29.2 Å². The van der Waals surface area contributed by atoms with E-state index >= 15 is 0 Å². The van der Waals surface area contributed by atoms with E-state index < -0.39 is 11.9 Å². The van der Waals surface area contributed by atoms with Crippen molar-refractivity contribution in [3.05, 3.63) is 89.7 Å². The SMILES string of the molecule is COc1ccccc1CNC(=O)C1c2c(n(C)c3ccccc23)SCC(=O)N1c1ccc(F)cc1. The average molecular weight is 490 g/mol. The first-order valence-electron chi connectivity index (χ1n) is 11.2. The third kappa shape index (κ3) is 4.14. The van der Waals surface area contributed by atoms with E-state index in [1.54, 1.807) is 7.11 Å². The van der Waals surface area contributed by atoms with Gasteiger partial charge in [-0.3, -0.25) is 14.5 Å². The highest BCUT2D eigenvalue weighted by atomic mass is 32.2.